The molecule has 0 saturated heterocycles. The van der Waals surface area contributed by atoms with Gasteiger partial charge in [0.2, 0.25) is 10.0 Å². The maximum absolute atomic E-state index is 11.5. The molecule has 0 unspecified atom stereocenters. The third kappa shape index (κ3) is 2.91. The highest BCUT2D eigenvalue weighted by Crippen LogP contribution is 2.28. The highest BCUT2D eigenvalue weighted by molar-refractivity contribution is 7.89. The maximum Gasteiger partial charge on any atom is 0.238 e. The van der Waals surface area contributed by atoms with Crippen LogP contribution in [0.25, 0.3) is 10.9 Å². The predicted octanol–water partition coefficient (Wildman–Crippen LogP) is 1.84. The van der Waals surface area contributed by atoms with E-state index in [4.69, 9.17) is 9.88 Å². The Kier molecular flexibility index (Phi) is 3.55. The summed E-state index contributed by atoms with van der Waals surface area (Å²) in [5, 5.41) is 5.63. The molecule has 0 aliphatic heterocycles. The fourth-order valence-electron chi connectivity index (χ4n) is 1.69. The van der Waals surface area contributed by atoms with Gasteiger partial charge in [-0.2, -0.15) is 0 Å². The van der Waals surface area contributed by atoms with E-state index in [2.05, 4.69) is 11.6 Å². The Morgan fingerprint density at radius 3 is 2.79 bits per heavy atom. The minimum atomic E-state index is -3.79. The highest BCUT2D eigenvalue weighted by atomic mass is 32.2. The van der Waals surface area contributed by atoms with Gasteiger partial charge in [-0.15, -0.1) is 0 Å². The molecule has 2 N–H and O–H groups in total. The Labute approximate surface area is 111 Å². The average Bonchev–Trinajstić information content (AvgIpc) is 2.34. The highest BCUT2D eigenvalue weighted by Gasteiger charge is 2.15. The van der Waals surface area contributed by atoms with Gasteiger partial charge < -0.3 is 4.74 Å². The third-order valence-electron chi connectivity index (χ3n) is 2.47. The minimum absolute atomic E-state index is 0.0401. The first-order chi connectivity index (χ1) is 8.89. The molecule has 0 atom stereocenters. The number of nitrogens with zero attached hydrogens (tertiary/aromatic N) is 1. The van der Waals surface area contributed by atoms with Crippen molar-refractivity contribution in [1.29, 1.82) is 0 Å². The fraction of sp³-hybridized carbons (Fsp3) is 0.154. The van der Waals surface area contributed by atoms with Gasteiger partial charge in [-0.05, 0) is 36.8 Å². The van der Waals surface area contributed by atoms with E-state index < -0.39 is 10.0 Å². The second-order valence-electron chi connectivity index (χ2n) is 4.25. The summed E-state index contributed by atoms with van der Waals surface area (Å²) >= 11 is 0. The van der Waals surface area contributed by atoms with Gasteiger partial charge in [0.15, 0.2) is 0 Å². The van der Waals surface area contributed by atoms with Crippen molar-refractivity contribution in [1.82, 2.24) is 4.98 Å². The summed E-state index contributed by atoms with van der Waals surface area (Å²) in [6.45, 7) is 5.93. The quantitative estimate of drug-likeness (QED) is 0.865. The second-order valence-corrected chi connectivity index (χ2v) is 5.78. The third-order valence-corrected chi connectivity index (χ3v) is 3.44. The Hall–Kier alpha value is -1.92. The molecule has 2 aromatic rings. The summed E-state index contributed by atoms with van der Waals surface area (Å²) in [5.41, 5.74) is 1.33. The number of ether oxygens (including phenoxy) is 1. The number of hydrogen-bond donors (Lipinski definition) is 1. The van der Waals surface area contributed by atoms with Gasteiger partial charge in [-0.3, -0.25) is 4.98 Å². The van der Waals surface area contributed by atoms with Gasteiger partial charge in [0.05, 0.1) is 4.90 Å². The number of nitrogens with two attached hydrogens (primary N) is 1. The van der Waals surface area contributed by atoms with Crippen LogP contribution in [-0.2, 0) is 10.0 Å². The van der Waals surface area contributed by atoms with Crippen LogP contribution in [0.1, 0.15) is 6.92 Å². The van der Waals surface area contributed by atoms with E-state index in [1.807, 2.05) is 6.92 Å². The van der Waals surface area contributed by atoms with Crippen molar-refractivity contribution in [2.75, 3.05) is 6.61 Å². The maximum atomic E-state index is 11.5. The number of benzene rings is 1. The van der Waals surface area contributed by atoms with E-state index in [0.717, 1.165) is 5.57 Å². The van der Waals surface area contributed by atoms with E-state index in [1.54, 1.807) is 24.4 Å². The summed E-state index contributed by atoms with van der Waals surface area (Å²) in [7, 11) is -3.79. The van der Waals surface area contributed by atoms with E-state index >= 15 is 0 Å². The molecule has 19 heavy (non-hydrogen) atoms. The molecule has 6 heteroatoms. The van der Waals surface area contributed by atoms with Crippen LogP contribution in [0, 0.1) is 0 Å². The van der Waals surface area contributed by atoms with Crippen molar-refractivity contribution in [3.63, 3.8) is 0 Å². The number of rotatable bonds is 4. The number of aromatic nitrogens is 1. The fourth-order valence-corrected chi connectivity index (χ4v) is 2.42. The standard InChI is InChI=1S/C13H14N2O3S/c1-9(2)8-18-11-5-6-12(19(14,16)17)10-4-3-7-15-13(10)11/h3-7H,1,8H2,2H3,(H2,14,16,17). The first-order valence-electron chi connectivity index (χ1n) is 5.57. The lowest BCUT2D eigenvalue weighted by molar-refractivity contribution is 0.356. The van der Waals surface area contributed by atoms with Crippen molar-refractivity contribution in [2.45, 2.75) is 11.8 Å². The van der Waals surface area contributed by atoms with E-state index in [-0.39, 0.29) is 4.90 Å². The van der Waals surface area contributed by atoms with Crippen LogP contribution in [0.5, 0.6) is 5.75 Å². The molecular formula is C13H14N2O3S. The zero-order valence-corrected chi connectivity index (χ0v) is 11.3. The molecule has 0 saturated carbocycles. The van der Waals surface area contributed by atoms with Gasteiger partial charge in [0.25, 0.3) is 0 Å². The Bertz CT molecular complexity index is 739. The monoisotopic (exact) mass is 278 g/mol. The lowest BCUT2D eigenvalue weighted by Gasteiger charge is -2.10. The van der Waals surface area contributed by atoms with Gasteiger partial charge >= 0.3 is 0 Å². The summed E-state index contributed by atoms with van der Waals surface area (Å²) < 4.78 is 28.6. The number of primary sulfonamides is 1. The van der Waals surface area contributed by atoms with Crippen LogP contribution in [0.15, 0.2) is 47.5 Å². The normalized spacial score (nSPS) is 11.5. The van der Waals surface area contributed by atoms with Crippen molar-refractivity contribution in [2.24, 2.45) is 5.14 Å². The molecule has 5 nitrogen and oxygen atoms in total. The molecule has 0 aliphatic carbocycles. The molecular weight excluding hydrogens is 264 g/mol. The molecule has 1 aromatic heterocycles. The Morgan fingerprint density at radius 1 is 1.42 bits per heavy atom. The minimum Gasteiger partial charge on any atom is -0.487 e. The molecule has 100 valence electrons. The summed E-state index contributed by atoms with van der Waals surface area (Å²) in [6, 6.07) is 6.28. The lowest BCUT2D eigenvalue weighted by atomic mass is 10.2. The molecule has 0 amide bonds. The molecule has 0 spiro atoms. The van der Waals surface area contributed by atoms with Crippen LogP contribution >= 0.6 is 0 Å². The molecule has 1 heterocycles. The van der Waals surface area contributed by atoms with Crippen LogP contribution < -0.4 is 9.88 Å². The van der Waals surface area contributed by atoms with Crippen LogP contribution in [0.3, 0.4) is 0 Å². The zero-order valence-electron chi connectivity index (χ0n) is 10.5. The van der Waals surface area contributed by atoms with Crippen LogP contribution in [-0.4, -0.2) is 20.0 Å². The molecule has 0 bridgehead atoms. The van der Waals surface area contributed by atoms with Crippen molar-refractivity contribution >= 4 is 20.9 Å². The molecule has 1 aromatic carbocycles. The summed E-state index contributed by atoms with van der Waals surface area (Å²) in [4.78, 5) is 4.20. The summed E-state index contributed by atoms with van der Waals surface area (Å²) in [5.74, 6) is 0.506. The molecule has 0 fully saturated rings. The van der Waals surface area contributed by atoms with E-state index in [0.29, 0.717) is 23.3 Å². The van der Waals surface area contributed by atoms with E-state index in [1.165, 1.54) is 6.07 Å². The van der Waals surface area contributed by atoms with Crippen LogP contribution in [0.2, 0.25) is 0 Å². The van der Waals surface area contributed by atoms with Crippen LogP contribution in [0.4, 0.5) is 0 Å². The average molecular weight is 278 g/mol. The van der Waals surface area contributed by atoms with Crippen molar-refractivity contribution in [3.8, 4) is 5.75 Å². The van der Waals surface area contributed by atoms with Crippen molar-refractivity contribution in [3.05, 3.63) is 42.6 Å². The Morgan fingerprint density at radius 2 is 2.16 bits per heavy atom. The van der Waals surface area contributed by atoms with Gasteiger partial charge in [0.1, 0.15) is 17.9 Å². The largest absolute Gasteiger partial charge is 0.487 e. The van der Waals surface area contributed by atoms with Gasteiger partial charge in [-0.1, -0.05) is 6.58 Å². The molecule has 0 aliphatic rings. The first-order valence-corrected chi connectivity index (χ1v) is 7.12. The van der Waals surface area contributed by atoms with Gasteiger partial charge in [0, 0.05) is 11.6 Å². The first kappa shape index (κ1) is 13.5. The lowest BCUT2D eigenvalue weighted by Crippen LogP contribution is -2.13. The van der Waals surface area contributed by atoms with Gasteiger partial charge in [-0.25, -0.2) is 13.6 Å². The number of pyridine rings is 1. The number of sulfonamides is 1. The Balaban J connectivity index is 2.62. The smallest absolute Gasteiger partial charge is 0.238 e. The van der Waals surface area contributed by atoms with E-state index in [9.17, 15) is 8.42 Å². The zero-order chi connectivity index (χ0) is 14.0. The van der Waals surface area contributed by atoms with Crippen molar-refractivity contribution < 1.29 is 13.2 Å². The molecule has 2 rings (SSSR count). The number of hydrogen-bond acceptors (Lipinski definition) is 4. The number of fused-ring (bicyclic) bond motifs is 1. The molecule has 0 radical (unpaired) electrons. The SMILES string of the molecule is C=C(C)COc1ccc(S(N)(=O)=O)c2cccnc12. The summed E-state index contributed by atoms with van der Waals surface area (Å²) in [6.07, 6.45) is 1.57. The topological polar surface area (TPSA) is 82.3 Å². The second kappa shape index (κ2) is 4.99. The predicted molar refractivity (Wildman–Crippen MR) is 73.4 cm³/mol.